The van der Waals surface area contributed by atoms with Gasteiger partial charge in [0.25, 0.3) is 0 Å². The fourth-order valence-corrected chi connectivity index (χ4v) is 2.65. The Morgan fingerprint density at radius 3 is 2.72 bits per heavy atom. The van der Waals surface area contributed by atoms with Crippen LogP contribution in [0.2, 0.25) is 0 Å². The SMILES string of the molecule is C=CC/C=C\O[C@@H]1CCCC[C@H]1c1ccccc1. The van der Waals surface area contributed by atoms with E-state index in [4.69, 9.17) is 4.74 Å². The highest BCUT2D eigenvalue weighted by atomic mass is 16.5. The molecule has 0 amide bonds. The van der Waals surface area contributed by atoms with Crippen molar-refractivity contribution >= 4 is 0 Å². The molecule has 0 aliphatic heterocycles. The Bertz CT molecular complexity index is 380. The Labute approximate surface area is 110 Å². The topological polar surface area (TPSA) is 9.23 Å². The van der Waals surface area contributed by atoms with Crippen LogP contribution in [0.4, 0.5) is 0 Å². The Hall–Kier alpha value is -1.50. The van der Waals surface area contributed by atoms with E-state index in [0.29, 0.717) is 12.0 Å². The van der Waals surface area contributed by atoms with Gasteiger partial charge >= 0.3 is 0 Å². The van der Waals surface area contributed by atoms with Crippen LogP contribution in [0.5, 0.6) is 0 Å². The molecule has 2 atom stereocenters. The minimum atomic E-state index is 0.335. The van der Waals surface area contributed by atoms with E-state index < -0.39 is 0 Å². The summed E-state index contributed by atoms with van der Waals surface area (Å²) in [5.74, 6) is 0.549. The largest absolute Gasteiger partial charge is 0.498 e. The van der Waals surface area contributed by atoms with Crippen molar-refractivity contribution in [3.05, 3.63) is 60.9 Å². The van der Waals surface area contributed by atoms with Gasteiger partial charge in [-0.15, -0.1) is 6.58 Å². The number of rotatable bonds is 5. The van der Waals surface area contributed by atoms with Crippen LogP contribution < -0.4 is 0 Å². The monoisotopic (exact) mass is 242 g/mol. The van der Waals surface area contributed by atoms with Crippen LogP contribution in [-0.4, -0.2) is 6.10 Å². The van der Waals surface area contributed by atoms with Crippen molar-refractivity contribution in [3.63, 3.8) is 0 Å². The maximum Gasteiger partial charge on any atom is 0.105 e. The molecule has 1 saturated carbocycles. The molecule has 0 radical (unpaired) electrons. The van der Waals surface area contributed by atoms with Crippen molar-refractivity contribution in [2.45, 2.75) is 44.1 Å². The maximum atomic E-state index is 5.92. The molecular weight excluding hydrogens is 220 g/mol. The molecule has 1 aliphatic rings. The average Bonchev–Trinajstić information content (AvgIpc) is 2.45. The normalized spacial score (nSPS) is 24.0. The van der Waals surface area contributed by atoms with Crippen molar-refractivity contribution in [3.8, 4) is 0 Å². The molecule has 0 spiro atoms. The van der Waals surface area contributed by atoms with Crippen LogP contribution in [0.3, 0.4) is 0 Å². The molecule has 0 N–H and O–H groups in total. The number of hydrogen-bond acceptors (Lipinski definition) is 1. The smallest absolute Gasteiger partial charge is 0.105 e. The standard InChI is InChI=1S/C17H22O/c1-2-3-9-14-18-17-13-8-7-12-16(17)15-10-5-4-6-11-15/h2,4-6,9-11,14,16-17H,1,3,7-8,12-13H2/b14-9-/t16-,17+/m0/s1. The van der Waals surface area contributed by atoms with E-state index in [0.717, 1.165) is 12.8 Å². The molecule has 1 heteroatoms. The van der Waals surface area contributed by atoms with Crippen molar-refractivity contribution in [2.75, 3.05) is 0 Å². The molecule has 0 bridgehead atoms. The molecular formula is C17H22O. The molecule has 1 aromatic rings. The summed E-state index contributed by atoms with van der Waals surface area (Å²) in [7, 11) is 0. The molecule has 96 valence electrons. The van der Waals surface area contributed by atoms with Crippen LogP contribution >= 0.6 is 0 Å². The predicted octanol–water partition coefficient (Wildman–Crippen LogP) is 4.82. The zero-order valence-corrected chi connectivity index (χ0v) is 10.9. The lowest BCUT2D eigenvalue weighted by atomic mass is 9.81. The average molecular weight is 242 g/mol. The molecule has 0 heterocycles. The fraction of sp³-hybridized carbons (Fsp3) is 0.412. The van der Waals surface area contributed by atoms with Gasteiger partial charge in [-0.05, 0) is 37.3 Å². The second-order valence-corrected chi connectivity index (χ2v) is 4.87. The third-order valence-electron chi connectivity index (χ3n) is 3.58. The number of ether oxygens (including phenoxy) is 1. The summed E-state index contributed by atoms with van der Waals surface area (Å²) in [4.78, 5) is 0. The number of benzene rings is 1. The molecule has 0 saturated heterocycles. The highest BCUT2D eigenvalue weighted by Gasteiger charge is 2.26. The zero-order valence-electron chi connectivity index (χ0n) is 10.9. The van der Waals surface area contributed by atoms with Gasteiger partial charge in [-0.25, -0.2) is 0 Å². The molecule has 1 nitrogen and oxygen atoms in total. The van der Waals surface area contributed by atoms with E-state index in [-0.39, 0.29) is 0 Å². The van der Waals surface area contributed by atoms with Gasteiger partial charge in [-0.1, -0.05) is 42.8 Å². The third kappa shape index (κ3) is 3.49. The molecule has 1 aliphatic carbocycles. The second-order valence-electron chi connectivity index (χ2n) is 4.87. The molecule has 0 aromatic heterocycles. The van der Waals surface area contributed by atoms with Crippen LogP contribution in [0.15, 0.2) is 55.3 Å². The second kappa shape index (κ2) is 7.05. The van der Waals surface area contributed by atoms with Gasteiger partial charge in [0.2, 0.25) is 0 Å². The summed E-state index contributed by atoms with van der Waals surface area (Å²) in [6.45, 7) is 3.70. The van der Waals surface area contributed by atoms with Gasteiger partial charge in [-0.2, -0.15) is 0 Å². The quantitative estimate of drug-likeness (QED) is 0.531. The van der Waals surface area contributed by atoms with E-state index in [1.807, 2.05) is 18.4 Å². The third-order valence-corrected chi connectivity index (χ3v) is 3.58. The minimum absolute atomic E-state index is 0.335. The molecule has 2 rings (SSSR count). The molecule has 0 unspecified atom stereocenters. The summed E-state index contributed by atoms with van der Waals surface area (Å²) < 4.78 is 5.92. The van der Waals surface area contributed by atoms with Crippen LogP contribution in [0.1, 0.15) is 43.6 Å². The lowest BCUT2D eigenvalue weighted by molar-refractivity contribution is 0.0844. The van der Waals surface area contributed by atoms with Crippen molar-refractivity contribution in [1.29, 1.82) is 0 Å². The maximum absolute atomic E-state index is 5.92. The first-order valence-electron chi connectivity index (χ1n) is 6.88. The Kier molecular flexibility index (Phi) is 5.07. The van der Waals surface area contributed by atoms with Crippen molar-refractivity contribution < 1.29 is 4.74 Å². The van der Waals surface area contributed by atoms with Gasteiger partial charge in [0.15, 0.2) is 0 Å². The Balaban J connectivity index is 2.00. The van der Waals surface area contributed by atoms with E-state index >= 15 is 0 Å². The minimum Gasteiger partial charge on any atom is -0.498 e. The van der Waals surface area contributed by atoms with Crippen LogP contribution in [0, 0.1) is 0 Å². The molecule has 18 heavy (non-hydrogen) atoms. The first-order chi connectivity index (χ1) is 8.92. The van der Waals surface area contributed by atoms with E-state index in [1.54, 1.807) is 0 Å². The molecule has 1 fully saturated rings. The number of allylic oxidation sites excluding steroid dienone is 2. The van der Waals surface area contributed by atoms with Gasteiger partial charge in [-0.3, -0.25) is 0 Å². The summed E-state index contributed by atoms with van der Waals surface area (Å²) in [6.07, 6.45) is 12.0. The molecule has 1 aromatic carbocycles. The van der Waals surface area contributed by atoms with Crippen molar-refractivity contribution in [2.24, 2.45) is 0 Å². The predicted molar refractivity (Wildman–Crippen MR) is 76.5 cm³/mol. The van der Waals surface area contributed by atoms with E-state index in [9.17, 15) is 0 Å². The van der Waals surface area contributed by atoms with E-state index in [2.05, 4.69) is 36.9 Å². The Morgan fingerprint density at radius 2 is 1.94 bits per heavy atom. The Morgan fingerprint density at radius 1 is 1.17 bits per heavy atom. The highest BCUT2D eigenvalue weighted by molar-refractivity contribution is 5.21. The van der Waals surface area contributed by atoms with E-state index in [1.165, 1.54) is 24.8 Å². The van der Waals surface area contributed by atoms with Gasteiger partial charge in [0.05, 0.1) is 6.26 Å². The van der Waals surface area contributed by atoms with Gasteiger partial charge in [0, 0.05) is 5.92 Å². The van der Waals surface area contributed by atoms with Gasteiger partial charge < -0.3 is 4.74 Å². The summed E-state index contributed by atoms with van der Waals surface area (Å²) in [5, 5.41) is 0. The first-order valence-corrected chi connectivity index (χ1v) is 6.88. The summed E-state index contributed by atoms with van der Waals surface area (Å²) in [5.41, 5.74) is 1.42. The lowest BCUT2D eigenvalue weighted by Gasteiger charge is -2.31. The lowest BCUT2D eigenvalue weighted by Crippen LogP contribution is -2.24. The van der Waals surface area contributed by atoms with Crippen molar-refractivity contribution in [1.82, 2.24) is 0 Å². The first kappa shape index (κ1) is 12.9. The highest BCUT2D eigenvalue weighted by Crippen LogP contribution is 2.34. The number of hydrogen-bond donors (Lipinski definition) is 0. The van der Waals surface area contributed by atoms with Crippen LogP contribution in [-0.2, 0) is 4.74 Å². The fourth-order valence-electron chi connectivity index (χ4n) is 2.65. The summed E-state index contributed by atoms with van der Waals surface area (Å²) in [6, 6.07) is 10.8. The van der Waals surface area contributed by atoms with Gasteiger partial charge in [0.1, 0.15) is 6.10 Å². The zero-order chi connectivity index (χ0) is 12.6. The van der Waals surface area contributed by atoms with Crippen LogP contribution in [0.25, 0.3) is 0 Å². The summed E-state index contributed by atoms with van der Waals surface area (Å²) >= 11 is 0.